The van der Waals surface area contributed by atoms with E-state index < -0.39 is 0 Å². The van der Waals surface area contributed by atoms with Crippen LogP contribution < -0.4 is 4.90 Å². The van der Waals surface area contributed by atoms with E-state index in [4.69, 9.17) is 4.42 Å². The minimum absolute atomic E-state index is 0.309. The normalized spacial score (nSPS) is 15.8. The lowest BCUT2D eigenvalue weighted by atomic mass is 10.2. The molecule has 4 nitrogen and oxygen atoms in total. The SMILES string of the molecule is Cc1cccc(N2C(=O)S/C(=C/c3ccc(-c4ccc(Br)cc4)o3)C2=O)c1. The third-order valence-electron chi connectivity index (χ3n) is 4.08. The van der Waals surface area contributed by atoms with E-state index in [2.05, 4.69) is 15.9 Å². The van der Waals surface area contributed by atoms with Crippen LogP contribution in [0.25, 0.3) is 17.4 Å². The zero-order chi connectivity index (χ0) is 19.0. The molecule has 1 aliphatic rings. The molecule has 0 saturated carbocycles. The fourth-order valence-corrected chi connectivity index (χ4v) is 3.87. The van der Waals surface area contributed by atoms with Crippen LogP contribution in [0.3, 0.4) is 0 Å². The van der Waals surface area contributed by atoms with Gasteiger partial charge in [0.15, 0.2) is 0 Å². The maximum absolute atomic E-state index is 12.7. The Hall–Kier alpha value is -2.57. The molecule has 27 heavy (non-hydrogen) atoms. The van der Waals surface area contributed by atoms with Crippen LogP contribution in [0.5, 0.6) is 0 Å². The van der Waals surface area contributed by atoms with Gasteiger partial charge in [0, 0.05) is 16.1 Å². The minimum atomic E-state index is -0.336. The number of carbonyl (C=O) groups is 2. The molecule has 0 unspecified atom stereocenters. The van der Waals surface area contributed by atoms with Gasteiger partial charge in [-0.05, 0) is 60.6 Å². The molecular formula is C21H14BrNO3S. The number of halogens is 1. The third-order valence-corrected chi connectivity index (χ3v) is 5.48. The molecule has 1 saturated heterocycles. The van der Waals surface area contributed by atoms with Crippen molar-refractivity contribution in [2.45, 2.75) is 6.92 Å². The molecule has 3 aromatic rings. The maximum atomic E-state index is 12.7. The highest BCUT2D eigenvalue weighted by atomic mass is 79.9. The Morgan fingerprint density at radius 2 is 1.81 bits per heavy atom. The fourth-order valence-electron chi connectivity index (χ4n) is 2.79. The van der Waals surface area contributed by atoms with Crippen molar-refractivity contribution in [1.82, 2.24) is 0 Å². The number of thioether (sulfide) groups is 1. The summed E-state index contributed by atoms with van der Waals surface area (Å²) in [5.41, 5.74) is 2.50. The molecule has 2 aromatic carbocycles. The third kappa shape index (κ3) is 3.63. The van der Waals surface area contributed by atoms with E-state index in [0.29, 0.717) is 22.1 Å². The van der Waals surface area contributed by atoms with Gasteiger partial charge in [0.2, 0.25) is 0 Å². The summed E-state index contributed by atoms with van der Waals surface area (Å²) in [6, 6.07) is 18.7. The largest absolute Gasteiger partial charge is 0.457 e. The average molecular weight is 440 g/mol. The summed E-state index contributed by atoms with van der Waals surface area (Å²) in [6.07, 6.45) is 1.61. The first-order valence-corrected chi connectivity index (χ1v) is 9.82. The number of benzene rings is 2. The number of rotatable bonds is 3. The lowest BCUT2D eigenvalue weighted by molar-refractivity contribution is -0.113. The molecule has 134 valence electrons. The van der Waals surface area contributed by atoms with E-state index in [-0.39, 0.29) is 11.1 Å². The highest BCUT2D eigenvalue weighted by molar-refractivity contribution is 9.10. The molecule has 1 fully saturated rings. The zero-order valence-corrected chi connectivity index (χ0v) is 16.7. The van der Waals surface area contributed by atoms with Crippen molar-refractivity contribution in [1.29, 1.82) is 0 Å². The van der Waals surface area contributed by atoms with Gasteiger partial charge in [0.25, 0.3) is 11.1 Å². The molecule has 0 spiro atoms. The van der Waals surface area contributed by atoms with Crippen molar-refractivity contribution < 1.29 is 14.0 Å². The molecule has 4 rings (SSSR count). The summed E-state index contributed by atoms with van der Waals surface area (Å²) in [7, 11) is 0. The lowest BCUT2D eigenvalue weighted by Crippen LogP contribution is -2.27. The van der Waals surface area contributed by atoms with Crippen LogP contribution in [0, 0.1) is 6.92 Å². The molecule has 1 aromatic heterocycles. The van der Waals surface area contributed by atoms with Crippen molar-refractivity contribution in [2.75, 3.05) is 4.90 Å². The smallest absolute Gasteiger partial charge is 0.298 e. The summed E-state index contributed by atoms with van der Waals surface area (Å²) >= 11 is 4.32. The molecule has 2 amide bonds. The number of carbonyl (C=O) groups excluding carboxylic acids is 2. The van der Waals surface area contributed by atoms with Crippen molar-refractivity contribution >= 4 is 50.6 Å². The van der Waals surface area contributed by atoms with Crippen molar-refractivity contribution in [2.24, 2.45) is 0 Å². The van der Waals surface area contributed by atoms with Gasteiger partial charge in [-0.15, -0.1) is 0 Å². The molecule has 1 aliphatic heterocycles. The summed E-state index contributed by atoms with van der Waals surface area (Å²) in [5, 5.41) is -0.309. The van der Waals surface area contributed by atoms with E-state index in [1.54, 1.807) is 18.2 Å². The van der Waals surface area contributed by atoms with Gasteiger partial charge in [0.05, 0.1) is 10.6 Å². The van der Waals surface area contributed by atoms with Gasteiger partial charge in [-0.2, -0.15) is 0 Å². The molecule has 0 radical (unpaired) electrons. The predicted octanol–water partition coefficient (Wildman–Crippen LogP) is 6.26. The summed E-state index contributed by atoms with van der Waals surface area (Å²) in [6.45, 7) is 1.92. The molecule has 0 atom stereocenters. The number of hydrogen-bond acceptors (Lipinski definition) is 4. The van der Waals surface area contributed by atoms with E-state index in [1.807, 2.05) is 55.5 Å². The highest BCUT2D eigenvalue weighted by Crippen LogP contribution is 2.36. The Balaban J connectivity index is 1.61. The predicted molar refractivity (Wildman–Crippen MR) is 111 cm³/mol. The van der Waals surface area contributed by atoms with Crippen molar-refractivity contribution in [3.05, 3.63) is 81.4 Å². The Kier molecular flexibility index (Phi) is 4.76. The van der Waals surface area contributed by atoms with Crippen molar-refractivity contribution in [3.63, 3.8) is 0 Å². The van der Waals surface area contributed by atoms with Crippen LogP contribution >= 0.6 is 27.7 Å². The van der Waals surface area contributed by atoms with Gasteiger partial charge in [0.1, 0.15) is 11.5 Å². The topological polar surface area (TPSA) is 50.5 Å². The summed E-state index contributed by atoms with van der Waals surface area (Å²) in [5.74, 6) is 0.895. The Morgan fingerprint density at radius 1 is 1.04 bits per heavy atom. The standard InChI is InChI=1S/C21H14BrNO3S/c1-13-3-2-4-16(11-13)23-20(24)19(27-21(23)25)12-17-9-10-18(26-17)14-5-7-15(22)8-6-14/h2-12H,1H3/b19-12+. The molecule has 6 heteroatoms. The van der Waals surface area contributed by atoms with Gasteiger partial charge in [-0.3, -0.25) is 9.59 Å². The Morgan fingerprint density at radius 3 is 2.56 bits per heavy atom. The van der Waals surface area contributed by atoms with E-state index >= 15 is 0 Å². The van der Waals surface area contributed by atoms with E-state index in [0.717, 1.165) is 27.4 Å². The number of anilines is 1. The quantitative estimate of drug-likeness (QED) is 0.451. The fraction of sp³-hybridized carbons (Fsp3) is 0.0476. The van der Waals surface area contributed by atoms with Crippen LogP contribution in [0.15, 0.2) is 74.5 Å². The number of aryl methyl sites for hydroxylation is 1. The Bertz CT molecular complexity index is 1070. The van der Waals surface area contributed by atoms with Gasteiger partial charge < -0.3 is 4.42 Å². The molecular weight excluding hydrogens is 426 g/mol. The van der Waals surface area contributed by atoms with Gasteiger partial charge in [-0.25, -0.2) is 4.90 Å². The highest BCUT2D eigenvalue weighted by Gasteiger charge is 2.36. The van der Waals surface area contributed by atoms with Crippen LogP contribution in [-0.2, 0) is 4.79 Å². The maximum Gasteiger partial charge on any atom is 0.298 e. The van der Waals surface area contributed by atoms with E-state index in [9.17, 15) is 9.59 Å². The second kappa shape index (κ2) is 7.21. The summed E-state index contributed by atoms with van der Waals surface area (Å²) in [4.78, 5) is 26.6. The number of nitrogens with zero attached hydrogens (tertiary/aromatic N) is 1. The summed E-state index contributed by atoms with van der Waals surface area (Å²) < 4.78 is 6.82. The van der Waals surface area contributed by atoms with Crippen LogP contribution in [0.1, 0.15) is 11.3 Å². The lowest BCUT2D eigenvalue weighted by Gasteiger charge is -2.12. The number of hydrogen-bond donors (Lipinski definition) is 0. The second-order valence-electron chi connectivity index (χ2n) is 6.07. The molecule has 0 bridgehead atoms. The number of amides is 2. The average Bonchev–Trinajstić information content (AvgIpc) is 3.21. The first kappa shape index (κ1) is 17.8. The van der Waals surface area contributed by atoms with Crippen LogP contribution in [-0.4, -0.2) is 11.1 Å². The zero-order valence-electron chi connectivity index (χ0n) is 14.3. The molecule has 2 heterocycles. The van der Waals surface area contributed by atoms with Gasteiger partial charge in [-0.1, -0.05) is 40.2 Å². The number of furan rings is 1. The van der Waals surface area contributed by atoms with Crippen LogP contribution in [0.4, 0.5) is 10.5 Å². The molecule has 0 N–H and O–H groups in total. The second-order valence-corrected chi connectivity index (χ2v) is 7.97. The number of imide groups is 1. The first-order chi connectivity index (χ1) is 13.0. The van der Waals surface area contributed by atoms with Crippen molar-refractivity contribution in [3.8, 4) is 11.3 Å². The minimum Gasteiger partial charge on any atom is -0.457 e. The monoisotopic (exact) mass is 439 g/mol. The Labute approximate surface area is 169 Å². The van der Waals surface area contributed by atoms with Crippen LogP contribution in [0.2, 0.25) is 0 Å². The van der Waals surface area contributed by atoms with E-state index in [1.165, 1.54) is 4.90 Å². The first-order valence-electron chi connectivity index (χ1n) is 8.22. The van der Waals surface area contributed by atoms with Gasteiger partial charge >= 0.3 is 0 Å². The molecule has 0 aliphatic carbocycles.